The van der Waals surface area contributed by atoms with E-state index in [9.17, 15) is 5.11 Å². The lowest BCUT2D eigenvalue weighted by molar-refractivity contribution is -0.201. The number of ether oxygens (including phenoxy) is 1. The van der Waals surface area contributed by atoms with E-state index in [1.54, 1.807) is 0 Å². The van der Waals surface area contributed by atoms with E-state index in [1.165, 1.54) is 0 Å². The highest BCUT2D eigenvalue weighted by Gasteiger charge is 2.50. The first-order chi connectivity index (χ1) is 6.04. The van der Waals surface area contributed by atoms with Crippen LogP contribution in [0.2, 0.25) is 0 Å². The normalized spacial score (nSPS) is 41.3. The SMILES string of the molecule is CCC(C)OC1CC(O)C1(C)CC. The summed E-state index contributed by atoms with van der Waals surface area (Å²) in [6, 6.07) is 0. The Morgan fingerprint density at radius 1 is 1.54 bits per heavy atom. The van der Waals surface area contributed by atoms with Crippen molar-refractivity contribution in [3.63, 3.8) is 0 Å². The summed E-state index contributed by atoms with van der Waals surface area (Å²) < 4.78 is 5.85. The van der Waals surface area contributed by atoms with Gasteiger partial charge >= 0.3 is 0 Å². The summed E-state index contributed by atoms with van der Waals surface area (Å²) in [7, 11) is 0. The molecular formula is C11H22O2. The molecule has 0 saturated heterocycles. The zero-order chi connectivity index (χ0) is 10.1. The molecule has 0 bridgehead atoms. The van der Waals surface area contributed by atoms with Crippen molar-refractivity contribution in [1.29, 1.82) is 0 Å². The smallest absolute Gasteiger partial charge is 0.0681 e. The van der Waals surface area contributed by atoms with Gasteiger partial charge in [0.25, 0.3) is 0 Å². The van der Waals surface area contributed by atoms with Crippen LogP contribution in [-0.2, 0) is 4.74 Å². The monoisotopic (exact) mass is 186 g/mol. The van der Waals surface area contributed by atoms with Crippen LogP contribution in [0.4, 0.5) is 0 Å². The van der Waals surface area contributed by atoms with Crippen LogP contribution in [0.3, 0.4) is 0 Å². The van der Waals surface area contributed by atoms with Crippen LogP contribution in [-0.4, -0.2) is 23.4 Å². The van der Waals surface area contributed by atoms with Gasteiger partial charge in [-0.15, -0.1) is 0 Å². The molecule has 0 heterocycles. The predicted molar refractivity (Wildman–Crippen MR) is 53.6 cm³/mol. The molecule has 0 amide bonds. The van der Waals surface area contributed by atoms with Crippen LogP contribution in [0, 0.1) is 5.41 Å². The number of rotatable bonds is 4. The Hall–Kier alpha value is -0.0800. The molecule has 1 aliphatic rings. The molecule has 0 radical (unpaired) electrons. The van der Waals surface area contributed by atoms with Crippen molar-refractivity contribution in [3.8, 4) is 0 Å². The van der Waals surface area contributed by atoms with Gasteiger partial charge in [0.2, 0.25) is 0 Å². The Balaban J connectivity index is 2.45. The maximum Gasteiger partial charge on any atom is 0.0681 e. The van der Waals surface area contributed by atoms with E-state index < -0.39 is 0 Å². The zero-order valence-corrected chi connectivity index (χ0v) is 9.21. The molecule has 0 aliphatic heterocycles. The molecule has 1 rings (SSSR count). The Kier molecular flexibility index (Phi) is 3.36. The van der Waals surface area contributed by atoms with E-state index in [4.69, 9.17) is 4.74 Å². The second-order valence-corrected chi connectivity index (χ2v) is 4.45. The molecular weight excluding hydrogens is 164 g/mol. The molecule has 1 fully saturated rings. The first kappa shape index (κ1) is 11.0. The molecule has 0 aromatic carbocycles. The van der Waals surface area contributed by atoms with Crippen LogP contribution in [0.15, 0.2) is 0 Å². The lowest BCUT2D eigenvalue weighted by atomic mass is 9.63. The topological polar surface area (TPSA) is 29.5 Å². The van der Waals surface area contributed by atoms with Gasteiger partial charge in [0.15, 0.2) is 0 Å². The van der Waals surface area contributed by atoms with Gasteiger partial charge in [-0.2, -0.15) is 0 Å². The molecule has 4 unspecified atom stereocenters. The summed E-state index contributed by atoms with van der Waals surface area (Å²) >= 11 is 0. The van der Waals surface area contributed by atoms with Crippen molar-refractivity contribution >= 4 is 0 Å². The quantitative estimate of drug-likeness (QED) is 0.730. The Labute approximate surface area is 81.3 Å². The van der Waals surface area contributed by atoms with E-state index in [-0.39, 0.29) is 17.6 Å². The minimum atomic E-state index is -0.161. The number of aliphatic hydroxyl groups excluding tert-OH is 1. The molecule has 1 aliphatic carbocycles. The van der Waals surface area contributed by atoms with Gasteiger partial charge < -0.3 is 9.84 Å². The molecule has 1 saturated carbocycles. The third-order valence-electron chi connectivity index (χ3n) is 3.67. The first-order valence-corrected chi connectivity index (χ1v) is 5.38. The molecule has 1 N–H and O–H groups in total. The zero-order valence-electron chi connectivity index (χ0n) is 9.21. The molecule has 13 heavy (non-hydrogen) atoms. The van der Waals surface area contributed by atoms with E-state index in [2.05, 4.69) is 27.7 Å². The van der Waals surface area contributed by atoms with Crippen LogP contribution in [0.25, 0.3) is 0 Å². The van der Waals surface area contributed by atoms with Gasteiger partial charge in [-0.25, -0.2) is 0 Å². The van der Waals surface area contributed by atoms with Gasteiger partial charge in [0.1, 0.15) is 0 Å². The average molecular weight is 186 g/mol. The molecule has 0 aromatic rings. The Bertz CT molecular complexity index is 169. The van der Waals surface area contributed by atoms with E-state index in [1.807, 2.05) is 0 Å². The third kappa shape index (κ3) is 1.89. The van der Waals surface area contributed by atoms with E-state index in [0.29, 0.717) is 6.10 Å². The van der Waals surface area contributed by atoms with Crippen LogP contribution < -0.4 is 0 Å². The molecule has 0 aromatic heterocycles. The second-order valence-electron chi connectivity index (χ2n) is 4.45. The van der Waals surface area contributed by atoms with Crippen molar-refractivity contribution in [2.45, 2.75) is 65.3 Å². The number of hydrogen-bond donors (Lipinski definition) is 1. The van der Waals surface area contributed by atoms with Crippen molar-refractivity contribution < 1.29 is 9.84 Å². The predicted octanol–water partition coefficient (Wildman–Crippen LogP) is 2.35. The van der Waals surface area contributed by atoms with E-state index in [0.717, 1.165) is 19.3 Å². The molecule has 78 valence electrons. The second kappa shape index (κ2) is 3.97. The van der Waals surface area contributed by atoms with E-state index >= 15 is 0 Å². The highest BCUT2D eigenvalue weighted by atomic mass is 16.5. The maximum absolute atomic E-state index is 9.64. The highest BCUT2D eigenvalue weighted by molar-refractivity contribution is 5.00. The largest absolute Gasteiger partial charge is 0.392 e. The first-order valence-electron chi connectivity index (χ1n) is 5.38. The maximum atomic E-state index is 9.64. The van der Waals surface area contributed by atoms with Crippen molar-refractivity contribution in [3.05, 3.63) is 0 Å². The number of hydrogen-bond acceptors (Lipinski definition) is 2. The van der Waals surface area contributed by atoms with Crippen molar-refractivity contribution in [1.82, 2.24) is 0 Å². The lowest BCUT2D eigenvalue weighted by Crippen LogP contribution is -2.56. The molecule has 4 atom stereocenters. The summed E-state index contributed by atoms with van der Waals surface area (Å²) in [6.07, 6.45) is 3.29. The summed E-state index contributed by atoms with van der Waals surface area (Å²) in [4.78, 5) is 0. The summed E-state index contributed by atoms with van der Waals surface area (Å²) in [5, 5.41) is 9.64. The Morgan fingerprint density at radius 3 is 2.54 bits per heavy atom. The van der Waals surface area contributed by atoms with Gasteiger partial charge in [0.05, 0.1) is 18.3 Å². The highest BCUT2D eigenvalue weighted by Crippen LogP contribution is 2.46. The van der Waals surface area contributed by atoms with Crippen LogP contribution in [0.1, 0.15) is 47.0 Å². The van der Waals surface area contributed by atoms with Gasteiger partial charge in [0, 0.05) is 11.8 Å². The van der Waals surface area contributed by atoms with Gasteiger partial charge in [-0.05, 0) is 19.8 Å². The fraction of sp³-hybridized carbons (Fsp3) is 1.00. The Morgan fingerprint density at radius 2 is 2.15 bits per heavy atom. The molecule has 0 spiro atoms. The molecule has 2 heteroatoms. The molecule has 2 nitrogen and oxygen atoms in total. The van der Waals surface area contributed by atoms with Gasteiger partial charge in [-0.3, -0.25) is 0 Å². The number of aliphatic hydroxyl groups is 1. The standard InChI is InChI=1S/C11H22O2/c1-5-8(3)13-10-7-9(12)11(10,4)6-2/h8-10,12H,5-7H2,1-4H3. The lowest BCUT2D eigenvalue weighted by Gasteiger charge is -2.51. The summed E-state index contributed by atoms with van der Waals surface area (Å²) in [5.74, 6) is 0. The fourth-order valence-corrected chi connectivity index (χ4v) is 1.85. The average Bonchev–Trinajstić information content (AvgIpc) is 2.15. The summed E-state index contributed by atoms with van der Waals surface area (Å²) in [6.45, 7) is 8.47. The fourth-order valence-electron chi connectivity index (χ4n) is 1.85. The minimum Gasteiger partial charge on any atom is -0.392 e. The third-order valence-corrected chi connectivity index (χ3v) is 3.67. The van der Waals surface area contributed by atoms with Crippen molar-refractivity contribution in [2.75, 3.05) is 0 Å². The van der Waals surface area contributed by atoms with Crippen molar-refractivity contribution in [2.24, 2.45) is 5.41 Å². The van der Waals surface area contributed by atoms with Crippen LogP contribution in [0.5, 0.6) is 0 Å². The van der Waals surface area contributed by atoms with Gasteiger partial charge in [-0.1, -0.05) is 20.8 Å². The van der Waals surface area contributed by atoms with Crippen LogP contribution >= 0.6 is 0 Å². The summed E-state index contributed by atoms with van der Waals surface area (Å²) in [5.41, 5.74) is 0.00340. The minimum absolute atomic E-state index is 0.00340.